The zero-order valence-corrected chi connectivity index (χ0v) is 18.6. The number of carbonyl (C=O) groups is 2. The van der Waals surface area contributed by atoms with E-state index in [0.717, 1.165) is 49.7 Å². The molecule has 2 saturated carbocycles. The number of amides is 2. The first-order chi connectivity index (χ1) is 14.6. The van der Waals surface area contributed by atoms with Gasteiger partial charge in [0.25, 0.3) is 5.91 Å². The molecule has 4 rings (SSSR count). The van der Waals surface area contributed by atoms with Crippen LogP contribution in [0.1, 0.15) is 106 Å². The molecule has 2 fully saturated rings. The molecular formula is C26H38N2O2. The molecule has 1 aromatic rings. The van der Waals surface area contributed by atoms with Gasteiger partial charge in [0.1, 0.15) is 5.54 Å². The summed E-state index contributed by atoms with van der Waals surface area (Å²) in [5.74, 6) is 0.110. The molecule has 164 valence electrons. The van der Waals surface area contributed by atoms with Gasteiger partial charge in [0.2, 0.25) is 5.91 Å². The average Bonchev–Trinajstić information content (AvgIpc) is 2.99. The van der Waals surface area contributed by atoms with E-state index in [2.05, 4.69) is 5.32 Å². The molecule has 0 saturated heterocycles. The monoisotopic (exact) mass is 410 g/mol. The van der Waals surface area contributed by atoms with Crippen LogP contribution in [-0.4, -0.2) is 34.3 Å². The molecule has 1 aliphatic heterocycles. The number of nitrogens with zero attached hydrogens (tertiary/aromatic N) is 1. The average molecular weight is 411 g/mol. The Balaban J connectivity index is 1.62. The van der Waals surface area contributed by atoms with Gasteiger partial charge in [-0.15, -0.1) is 0 Å². The van der Waals surface area contributed by atoms with E-state index in [1.807, 2.05) is 36.1 Å². The standard InChI is InChI=1S/C26H38N2O2/c1-26(25(30)27-21-14-7-3-2-4-8-15-21)19-20-13-11-12-18-23(20)24(29)28(26)22-16-9-5-6-10-17-22/h11-13,18,21-22H,2-10,14-17,19H2,1H3,(H,27,30). The Morgan fingerprint density at radius 2 is 1.47 bits per heavy atom. The molecular weight excluding hydrogens is 372 g/mol. The fourth-order valence-electron chi connectivity index (χ4n) is 5.91. The second-order valence-corrected chi connectivity index (χ2v) is 9.94. The maximum absolute atomic E-state index is 13.8. The number of fused-ring (bicyclic) bond motifs is 1. The van der Waals surface area contributed by atoms with E-state index in [9.17, 15) is 9.59 Å². The minimum Gasteiger partial charge on any atom is -0.351 e. The number of hydrogen-bond donors (Lipinski definition) is 1. The summed E-state index contributed by atoms with van der Waals surface area (Å²) in [6.07, 6.45) is 15.8. The third-order valence-corrected chi connectivity index (χ3v) is 7.65. The zero-order valence-electron chi connectivity index (χ0n) is 18.6. The molecule has 1 heterocycles. The van der Waals surface area contributed by atoms with Gasteiger partial charge in [-0.3, -0.25) is 9.59 Å². The lowest BCUT2D eigenvalue weighted by Crippen LogP contribution is -2.66. The summed E-state index contributed by atoms with van der Waals surface area (Å²) in [6.45, 7) is 2.02. The molecule has 3 aliphatic rings. The number of rotatable bonds is 3. The maximum atomic E-state index is 13.8. The summed E-state index contributed by atoms with van der Waals surface area (Å²) >= 11 is 0. The third-order valence-electron chi connectivity index (χ3n) is 7.65. The molecule has 0 radical (unpaired) electrons. The van der Waals surface area contributed by atoms with Crippen molar-refractivity contribution in [1.29, 1.82) is 0 Å². The van der Waals surface area contributed by atoms with Gasteiger partial charge in [-0.05, 0) is 44.2 Å². The molecule has 2 aliphatic carbocycles. The molecule has 1 unspecified atom stereocenters. The fourth-order valence-corrected chi connectivity index (χ4v) is 5.91. The molecule has 0 spiro atoms. The van der Waals surface area contributed by atoms with Crippen molar-refractivity contribution in [3.05, 3.63) is 35.4 Å². The molecule has 30 heavy (non-hydrogen) atoms. The lowest BCUT2D eigenvalue weighted by atomic mass is 9.80. The van der Waals surface area contributed by atoms with E-state index in [1.54, 1.807) is 0 Å². The van der Waals surface area contributed by atoms with Crippen LogP contribution in [0.25, 0.3) is 0 Å². The quantitative estimate of drug-likeness (QED) is 0.679. The molecule has 4 nitrogen and oxygen atoms in total. The lowest BCUT2D eigenvalue weighted by molar-refractivity contribution is -0.134. The highest BCUT2D eigenvalue weighted by molar-refractivity contribution is 6.02. The van der Waals surface area contributed by atoms with Crippen molar-refractivity contribution >= 4 is 11.8 Å². The summed E-state index contributed by atoms with van der Waals surface area (Å²) in [6, 6.07) is 8.31. The van der Waals surface area contributed by atoms with Crippen LogP contribution in [-0.2, 0) is 11.2 Å². The van der Waals surface area contributed by atoms with E-state index in [4.69, 9.17) is 0 Å². The maximum Gasteiger partial charge on any atom is 0.255 e. The van der Waals surface area contributed by atoms with Gasteiger partial charge in [0.05, 0.1) is 0 Å². The van der Waals surface area contributed by atoms with Crippen LogP contribution < -0.4 is 5.32 Å². The van der Waals surface area contributed by atoms with Gasteiger partial charge in [0.15, 0.2) is 0 Å². The van der Waals surface area contributed by atoms with Crippen molar-refractivity contribution in [1.82, 2.24) is 10.2 Å². The summed E-state index contributed by atoms with van der Waals surface area (Å²) in [7, 11) is 0. The van der Waals surface area contributed by atoms with Crippen LogP contribution in [0, 0.1) is 0 Å². The molecule has 0 aromatic heterocycles. The zero-order chi connectivity index (χ0) is 21.0. The van der Waals surface area contributed by atoms with Crippen LogP contribution in [0.5, 0.6) is 0 Å². The number of nitrogens with one attached hydrogen (secondary N) is 1. The van der Waals surface area contributed by atoms with Gasteiger partial charge in [-0.1, -0.05) is 76.0 Å². The lowest BCUT2D eigenvalue weighted by Gasteiger charge is -2.48. The highest BCUT2D eigenvalue weighted by atomic mass is 16.2. The first-order valence-electron chi connectivity index (χ1n) is 12.3. The van der Waals surface area contributed by atoms with E-state index < -0.39 is 5.54 Å². The Labute approximate surface area is 181 Å². The van der Waals surface area contributed by atoms with Gasteiger partial charge in [-0.2, -0.15) is 0 Å². The molecule has 2 amide bonds. The van der Waals surface area contributed by atoms with Crippen LogP contribution in [0.2, 0.25) is 0 Å². The van der Waals surface area contributed by atoms with Crippen molar-refractivity contribution in [2.24, 2.45) is 0 Å². The summed E-state index contributed by atoms with van der Waals surface area (Å²) < 4.78 is 0. The summed E-state index contributed by atoms with van der Waals surface area (Å²) in [4.78, 5) is 29.5. The highest BCUT2D eigenvalue weighted by Gasteiger charge is 2.49. The highest BCUT2D eigenvalue weighted by Crippen LogP contribution is 2.37. The smallest absolute Gasteiger partial charge is 0.255 e. The largest absolute Gasteiger partial charge is 0.351 e. The van der Waals surface area contributed by atoms with E-state index >= 15 is 0 Å². The summed E-state index contributed by atoms with van der Waals surface area (Å²) in [5.41, 5.74) is 1.00. The van der Waals surface area contributed by atoms with Crippen LogP contribution in [0.4, 0.5) is 0 Å². The predicted octanol–water partition coefficient (Wildman–Crippen LogP) is 5.40. The fraction of sp³-hybridized carbons (Fsp3) is 0.692. The van der Waals surface area contributed by atoms with Gasteiger partial charge in [0, 0.05) is 24.1 Å². The minimum absolute atomic E-state index is 0.0547. The van der Waals surface area contributed by atoms with Crippen molar-refractivity contribution in [2.75, 3.05) is 0 Å². The predicted molar refractivity (Wildman–Crippen MR) is 120 cm³/mol. The Kier molecular flexibility index (Phi) is 6.80. The van der Waals surface area contributed by atoms with Crippen LogP contribution in [0.15, 0.2) is 24.3 Å². The first kappa shape index (κ1) is 21.4. The Bertz CT molecular complexity index is 745. The summed E-state index contributed by atoms with van der Waals surface area (Å²) in [5, 5.41) is 3.40. The van der Waals surface area contributed by atoms with Gasteiger partial charge < -0.3 is 10.2 Å². The SMILES string of the molecule is CC1(C(=O)NC2CCCCCCC2)Cc2ccccc2C(=O)N1C1CCCCCC1. The second kappa shape index (κ2) is 9.53. The Hall–Kier alpha value is -1.84. The Morgan fingerprint density at radius 3 is 2.13 bits per heavy atom. The Morgan fingerprint density at radius 1 is 0.900 bits per heavy atom. The first-order valence-corrected chi connectivity index (χ1v) is 12.3. The van der Waals surface area contributed by atoms with E-state index in [0.29, 0.717) is 6.42 Å². The number of carbonyl (C=O) groups excluding carboxylic acids is 2. The van der Waals surface area contributed by atoms with Crippen LogP contribution >= 0.6 is 0 Å². The number of hydrogen-bond acceptors (Lipinski definition) is 2. The molecule has 1 atom stereocenters. The van der Waals surface area contributed by atoms with Crippen molar-refractivity contribution in [3.63, 3.8) is 0 Å². The van der Waals surface area contributed by atoms with Crippen molar-refractivity contribution < 1.29 is 9.59 Å². The van der Waals surface area contributed by atoms with Crippen LogP contribution in [0.3, 0.4) is 0 Å². The van der Waals surface area contributed by atoms with Crippen molar-refractivity contribution in [3.8, 4) is 0 Å². The molecule has 4 heteroatoms. The minimum atomic E-state index is -0.803. The van der Waals surface area contributed by atoms with E-state index in [1.165, 1.54) is 44.9 Å². The molecule has 0 bridgehead atoms. The second-order valence-electron chi connectivity index (χ2n) is 9.94. The topological polar surface area (TPSA) is 49.4 Å². The number of benzene rings is 1. The van der Waals surface area contributed by atoms with Crippen molar-refractivity contribution in [2.45, 2.75) is 114 Å². The third kappa shape index (κ3) is 4.43. The molecule has 1 aromatic carbocycles. The van der Waals surface area contributed by atoms with Gasteiger partial charge >= 0.3 is 0 Å². The van der Waals surface area contributed by atoms with Gasteiger partial charge in [-0.25, -0.2) is 0 Å². The normalized spacial score (nSPS) is 27.0. The molecule has 1 N–H and O–H groups in total. The van der Waals surface area contributed by atoms with E-state index in [-0.39, 0.29) is 23.9 Å².